The van der Waals surface area contributed by atoms with Crippen LogP contribution in [-0.4, -0.2) is 26.6 Å². The van der Waals surface area contributed by atoms with Crippen LogP contribution < -0.4 is 4.74 Å². The Bertz CT molecular complexity index is 972. The number of rotatable bonds is 5. The largest absolute Gasteiger partial charge is 0.496 e. The third kappa shape index (κ3) is 4.15. The molecule has 0 aliphatic rings. The Morgan fingerprint density at radius 2 is 2.00 bits per heavy atom. The second-order valence-corrected chi connectivity index (χ2v) is 6.31. The average Bonchev–Trinajstić information content (AvgIpc) is 3.28. The number of hydrogen-bond donors (Lipinski definition) is 1. The van der Waals surface area contributed by atoms with Gasteiger partial charge in [-0.25, -0.2) is 9.97 Å². The molecule has 0 amide bonds. The van der Waals surface area contributed by atoms with E-state index in [1.54, 1.807) is 31.4 Å². The van der Waals surface area contributed by atoms with Crippen molar-refractivity contribution in [2.75, 3.05) is 7.11 Å². The molecule has 2 heterocycles. The highest BCUT2D eigenvalue weighted by atomic mass is 35.5. The Labute approximate surface area is 168 Å². The Morgan fingerprint density at radius 1 is 1.15 bits per heavy atom. The number of aromatic amines is 1. The second kappa shape index (κ2) is 8.98. The van der Waals surface area contributed by atoms with E-state index in [-0.39, 0.29) is 24.8 Å². The molecule has 5 nitrogen and oxygen atoms in total. The number of methoxy groups -OCH3 is 1. The van der Waals surface area contributed by atoms with Crippen LogP contribution in [0, 0.1) is 0 Å². The molecule has 1 N–H and O–H groups in total. The molecule has 4 aromatic rings. The summed E-state index contributed by atoms with van der Waals surface area (Å²) in [5.74, 6) is 2.60. The molecular formula is C18H18Cl2N4OS. The summed E-state index contributed by atoms with van der Waals surface area (Å²) in [7, 11) is 1.69. The molecule has 4 rings (SSSR count). The number of imidazole rings is 2. The number of fused-ring (bicyclic) bond motifs is 1. The van der Waals surface area contributed by atoms with Crippen molar-refractivity contribution in [2.45, 2.75) is 10.6 Å². The maximum atomic E-state index is 5.39. The number of hydrogen-bond acceptors (Lipinski definition) is 4. The van der Waals surface area contributed by atoms with Gasteiger partial charge < -0.3 is 14.3 Å². The van der Waals surface area contributed by atoms with Crippen molar-refractivity contribution in [3.8, 4) is 11.4 Å². The minimum absolute atomic E-state index is 0. The zero-order chi connectivity index (χ0) is 16.4. The number of aromatic nitrogens is 4. The molecule has 0 bridgehead atoms. The number of nitrogens with zero attached hydrogens (tertiary/aromatic N) is 3. The summed E-state index contributed by atoms with van der Waals surface area (Å²) >= 11 is 1.71. The van der Waals surface area contributed by atoms with Crippen LogP contribution in [0.4, 0.5) is 0 Å². The minimum atomic E-state index is 0. The zero-order valence-electron chi connectivity index (χ0n) is 14.0. The lowest BCUT2D eigenvalue weighted by Gasteiger charge is -2.06. The van der Waals surface area contributed by atoms with E-state index >= 15 is 0 Å². The van der Waals surface area contributed by atoms with Crippen molar-refractivity contribution >= 4 is 47.6 Å². The number of ether oxygens (including phenoxy) is 1. The predicted octanol–water partition coefficient (Wildman–Crippen LogP) is 4.89. The zero-order valence-corrected chi connectivity index (χ0v) is 16.4. The Kier molecular flexibility index (Phi) is 6.97. The van der Waals surface area contributed by atoms with Crippen LogP contribution in [0.3, 0.4) is 0 Å². The minimum Gasteiger partial charge on any atom is -0.496 e. The fourth-order valence-corrected chi connectivity index (χ4v) is 3.47. The molecule has 0 spiro atoms. The number of para-hydroxylation sites is 1. The first-order valence-corrected chi connectivity index (χ1v) is 8.55. The summed E-state index contributed by atoms with van der Waals surface area (Å²) in [6, 6.07) is 14.2. The van der Waals surface area contributed by atoms with Gasteiger partial charge in [0.05, 0.1) is 30.2 Å². The molecule has 0 atom stereocenters. The van der Waals surface area contributed by atoms with Crippen LogP contribution in [0.5, 0.6) is 5.75 Å². The molecule has 2 aromatic carbocycles. The van der Waals surface area contributed by atoms with Gasteiger partial charge in [-0.15, -0.1) is 36.6 Å². The van der Waals surface area contributed by atoms with E-state index in [1.807, 2.05) is 41.1 Å². The van der Waals surface area contributed by atoms with Crippen LogP contribution in [0.2, 0.25) is 0 Å². The molecule has 136 valence electrons. The molecule has 0 unspecified atom stereocenters. The molecule has 0 radical (unpaired) electrons. The van der Waals surface area contributed by atoms with E-state index in [1.165, 1.54) is 0 Å². The topological polar surface area (TPSA) is 55.7 Å². The van der Waals surface area contributed by atoms with Crippen LogP contribution >= 0.6 is 36.6 Å². The van der Waals surface area contributed by atoms with Crippen LogP contribution in [0.1, 0.15) is 5.82 Å². The third-order valence-corrected chi connectivity index (χ3v) is 4.82. The van der Waals surface area contributed by atoms with Crippen LogP contribution in [-0.2, 0) is 5.75 Å². The normalized spacial score (nSPS) is 10.2. The summed E-state index contributed by atoms with van der Waals surface area (Å²) in [5.41, 5.74) is 3.05. The van der Waals surface area contributed by atoms with Crippen molar-refractivity contribution in [2.24, 2.45) is 0 Å². The van der Waals surface area contributed by atoms with E-state index in [4.69, 9.17) is 4.74 Å². The van der Waals surface area contributed by atoms with Crippen molar-refractivity contribution in [3.05, 3.63) is 67.0 Å². The molecule has 0 aliphatic carbocycles. The van der Waals surface area contributed by atoms with Crippen molar-refractivity contribution < 1.29 is 4.74 Å². The molecule has 0 saturated carbocycles. The highest BCUT2D eigenvalue weighted by Gasteiger charge is 2.07. The first kappa shape index (κ1) is 20.2. The highest BCUT2D eigenvalue weighted by Crippen LogP contribution is 2.31. The van der Waals surface area contributed by atoms with Gasteiger partial charge in [-0.05, 0) is 30.3 Å². The Hall–Kier alpha value is -2.15. The molecular weight excluding hydrogens is 391 g/mol. The Morgan fingerprint density at radius 3 is 2.77 bits per heavy atom. The summed E-state index contributed by atoms with van der Waals surface area (Å²) < 4.78 is 7.37. The van der Waals surface area contributed by atoms with E-state index in [0.29, 0.717) is 0 Å². The maximum absolute atomic E-state index is 5.39. The van der Waals surface area contributed by atoms with Gasteiger partial charge in [0.25, 0.3) is 0 Å². The van der Waals surface area contributed by atoms with Gasteiger partial charge >= 0.3 is 0 Å². The second-order valence-electron chi connectivity index (χ2n) is 5.29. The summed E-state index contributed by atoms with van der Waals surface area (Å²) in [6.45, 7) is 0. The number of thioether (sulfide) groups is 1. The number of halogens is 2. The molecule has 0 aliphatic heterocycles. The SMILES string of the molecule is COc1ccccc1SCc1nc2ccc(-n3ccnc3)cc2[nH]1.Cl.Cl. The van der Waals surface area contributed by atoms with Crippen LogP contribution in [0.25, 0.3) is 16.7 Å². The predicted molar refractivity (Wildman–Crippen MR) is 110 cm³/mol. The number of benzene rings is 2. The smallest absolute Gasteiger partial charge is 0.132 e. The van der Waals surface area contributed by atoms with Gasteiger partial charge in [-0.1, -0.05) is 12.1 Å². The lowest BCUT2D eigenvalue weighted by atomic mass is 10.3. The Balaban J connectivity index is 0.00000121. The molecule has 0 fully saturated rings. The average molecular weight is 409 g/mol. The first-order valence-electron chi connectivity index (χ1n) is 7.56. The van der Waals surface area contributed by atoms with Crippen molar-refractivity contribution in [3.63, 3.8) is 0 Å². The number of nitrogens with one attached hydrogen (secondary N) is 1. The summed E-state index contributed by atoms with van der Waals surface area (Å²) in [4.78, 5) is 13.3. The van der Waals surface area contributed by atoms with Crippen LogP contribution in [0.15, 0.2) is 66.1 Å². The lowest BCUT2D eigenvalue weighted by molar-refractivity contribution is 0.405. The van der Waals surface area contributed by atoms with E-state index < -0.39 is 0 Å². The van der Waals surface area contributed by atoms with Gasteiger partial charge in [0, 0.05) is 23.0 Å². The van der Waals surface area contributed by atoms with Crippen molar-refractivity contribution in [1.29, 1.82) is 0 Å². The fraction of sp³-hybridized carbons (Fsp3) is 0.111. The maximum Gasteiger partial charge on any atom is 0.132 e. The molecule has 26 heavy (non-hydrogen) atoms. The van der Waals surface area contributed by atoms with Gasteiger partial charge in [-0.2, -0.15) is 0 Å². The highest BCUT2D eigenvalue weighted by molar-refractivity contribution is 7.98. The fourth-order valence-electron chi connectivity index (χ4n) is 2.58. The van der Waals surface area contributed by atoms with Crippen molar-refractivity contribution in [1.82, 2.24) is 19.5 Å². The molecule has 2 aromatic heterocycles. The number of H-pyrrole nitrogens is 1. The monoisotopic (exact) mass is 408 g/mol. The van der Waals surface area contributed by atoms with E-state index in [0.717, 1.165) is 38.9 Å². The quantitative estimate of drug-likeness (QED) is 0.477. The summed E-state index contributed by atoms with van der Waals surface area (Å²) in [5, 5.41) is 0. The lowest BCUT2D eigenvalue weighted by Crippen LogP contribution is -1.88. The standard InChI is InChI=1S/C18H16N4OS.2ClH/c1-23-16-4-2-3-5-17(16)24-11-18-20-14-7-6-13(10-15(14)21-18)22-9-8-19-12-22;;/h2-10,12H,11H2,1H3,(H,20,21);2*1H. The first-order chi connectivity index (χ1) is 11.8. The van der Waals surface area contributed by atoms with E-state index in [9.17, 15) is 0 Å². The van der Waals surface area contributed by atoms with E-state index in [2.05, 4.69) is 27.1 Å². The van der Waals surface area contributed by atoms with Gasteiger partial charge in [-0.3, -0.25) is 0 Å². The van der Waals surface area contributed by atoms with Gasteiger partial charge in [0.15, 0.2) is 0 Å². The van der Waals surface area contributed by atoms with Gasteiger partial charge in [0.1, 0.15) is 11.6 Å². The van der Waals surface area contributed by atoms with Gasteiger partial charge in [0.2, 0.25) is 0 Å². The molecule has 8 heteroatoms. The molecule has 0 saturated heterocycles. The summed E-state index contributed by atoms with van der Waals surface area (Å²) in [6.07, 6.45) is 5.48. The third-order valence-electron chi connectivity index (χ3n) is 3.75.